The van der Waals surface area contributed by atoms with E-state index >= 15 is 0 Å². The molecule has 0 bridgehead atoms. The molecular formula is C12H19ClN2. The van der Waals surface area contributed by atoms with Crippen molar-refractivity contribution in [3.8, 4) is 0 Å². The van der Waals surface area contributed by atoms with Crippen LogP contribution in [0.2, 0.25) is 5.02 Å². The van der Waals surface area contributed by atoms with Crippen molar-refractivity contribution in [2.75, 3.05) is 17.6 Å². The van der Waals surface area contributed by atoms with Gasteiger partial charge in [-0.2, -0.15) is 0 Å². The number of hydrogen-bond donors (Lipinski definition) is 2. The van der Waals surface area contributed by atoms with Gasteiger partial charge in [-0.05, 0) is 30.9 Å². The summed E-state index contributed by atoms with van der Waals surface area (Å²) in [6, 6.07) is 5.66. The molecule has 0 aliphatic heterocycles. The number of nitrogens with one attached hydrogen (secondary N) is 1. The van der Waals surface area contributed by atoms with E-state index in [0.29, 0.717) is 10.7 Å². The van der Waals surface area contributed by atoms with E-state index in [9.17, 15) is 0 Å². The first-order valence-corrected chi connectivity index (χ1v) is 5.77. The highest BCUT2D eigenvalue weighted by molar-refractivity contribution is 6.33. The second-order valence-corrected chi connectivity index (χ2v) is 4.57. The minimum Gasteiger partial charge on any atom is -0.396 e. The molecule has 3 heteroatoms. The highest BCUT2D eigenvalue weighted by Crippen LogP contribution is 2.26. The second kappa shape index (κ2) is 5.86. The van der Waals surface area contributed by atoms with Crippen molar-refractivity contribution in [1.82, 2.24) is 0 Å². The summed E-state index contributed by atoms with van der Waals surface area (Å²) in [5.74, 6) is 0.753. The van der Waals surface area contributed by atoms with E-state index in [0.717, 1.165) is 24.6 Å². The van der Waals surface area contributed by atoms with Crippen LogP contribution in [0.1, 0.15) is 26.7 Å². The van der Waals surface area contributed by atoms with E-state index in [1.165, 1.54) is 6.42 Å². The highest BCUT2D eigenvalue weighted by Gasteiger charge is 2.01. The van der Waals surface area contributed by atoms with Crippen LogP contribution in [0, 0.1) is 5.92 Å². The van der Waals surface area contributed by atoms with E-state index in [1.54, 1.807) is 6.07 Å². The lowest BCUT2D eigenvalue weighted by Gasteiger charge is -2.10. The van der Waals surface area contributed by atoms with Crippen LogP contribution in [-0.2, 0) is 0 Å². The number of halogens is 1. The standard InChI is InChI=1S/C12H19ClN2/c1-9(2)5-4-8-15-11-7-3-6-10(13)12(11)14/h3,6-7,9,15H,4-5,8,14H2,1-2H3. The minimum atomic E-state index is 0.615. The molecule has 0 saturated heterocycles. The Kier molecular flexibility index (Phi) is 4.76. The number of nitrogens with two attached hydrogens (primary N) is 1. The minimum absolute atomic E-state index is 0.615. The topological polar surface area (TPSA) is 38.0 Å². The Balaban J connectivity index is 2.41. The van der Waals surface area contributed by atoms with Gasteiger partial charge in [0.25, 0.3) is 0 Å². The zero-order valence-electron chi connectivity index (χ0n) is 9.39. The van der Waals surface area contributed by atoms with Crippen LogP contribution in [0.15, 0.2) is 18.2 Å². The monoisotopic (exact) mass is 226 g/mol. The van der Waals surface area contributed by atoms with Crippen molar-refractivity contribution in [1.29, 1.82) is 0 Å². The molecule has 2 nitrogen and oxygen atoms in total. The first-order chi connectivity index (χ1) is 7.11. The van der Waals surface area contributed by atoms with Crippen molar-refractivity contribution < 1.29 is 0 Å². The molecule has 1 rings (SSSR count). The lowest BCUT2D eigenvalue weighted by Crippen LogP contribution is -2.05. The fourth-order valence-electron chi connectivity index (χ4n) is 1.42. The summed E-state index contributed by atoms with van der Waals surface area (Å²) < 4.78 is 0. The van der Waals surface area contributed by atoms with Crippen molar-refractivity contribution in [3.63, 3.8) is 0 Å². The summed E-state index contributed by atoms with van der Waals surface area (Å²) in [7, 11) is 0. The number of para-hydroxylation sites is 1. The van der Waals surface area contributed by atoms with E-state index in [2.05, 4.69) is 19.2 Å². The molecule has 0 aliphatic carbocycles. The molecule has 3 N–H and O–H groups in total. The smallest absolute Gasteiger partial charge is 0.0739 e. The molecule has 1 aromatic carbocycles. The Bertz CT molecular complexity index is 310. The molecule has 0 saturated carbocycles. The number of benzene rings is 1. The van der Waals surface area contributed by atoms with Gasteiger partial charge in [-0.25, -0.2) is 0 Å². The van der Waals surface area contributed by atoms with Crippen LogP contribution < -0.4 is 11.1 Å². The predicted octanol–water partition coefficient (Wildman–Crippen LogP) is 3.77. The average Bonchev–Trinajstić information content (AvgIpc) is 2.18. The molecule has 84 valence electrons. The van der Waals surface area contributed by atoms with Gasteiger partial charge in [0, 0.05) is 6.54 Å². The van der Waals surface area contributed by atoms with Gasteiger partial charge < -0.3 is 11.1 Å². The molecular weight excluding hydrogens is 208 g/mol. The summed E-state index contributed by atoms with van der Waals surface area (Å²) in [5, 5.41) is 3.91. The Hall–Kier alpha value is -0.890. The molecule has 0 unspecified atom stereocenters. The Morgan fingerprint density at radius 2 is 2.13 bits per heavy atom. The Labute approximate surface area is 96.8 Å². The molecule has 0 radical (unpaired) electrons. The lowest BCUT2D eigenvalue weighted by atomic mass is 10.1. The second-order valence-electron chi connectivity index (χ2n) is 4.16. The number of nitrogen functional groups attached to an aromatic ring is 1. The van der Waals surface area contributed by atoms with Gasteiger partial charge in [0.1, 0.15) is 0 Å². The molecule has 0 amide bonds. The van der Waals surface area contributed by atoms with Crippen molar-refractivity contribution in [2.45, 2.75) is 26.7 Å². The molecule has 0 atom stereocenters. The van der Waals surface area contributed by atoms with Crippen molar-refractivity contribution >= 4 is 23.0 Å². The maximum Gasteiger partial charge on any atom is 0.0739 e. The van der Waals surface area contributed by atoms with Crippen molar-refractivity contribution in [2.24, 2.45) is 5.92 Å². The predicted molar refractivity (Wildman–Crippen MR) is 68.4 cm³/mol. The van der Waals surface area contributed by atoms with Crippen LogP contribution in [0.5, 0.6) is 0 Å². The fraction of sp³-hybridized carbons (Fsp3) is 0.500. The SMILES string of the molecule is CC(C)CCCNc1cccc(Cl)c1N. The third kappa shape index (κ3) is 4.00. The van der Waals surface area contributed by atoms with Crippen LogP contribution in [0.25, 0.3) is 0 Å². The van der Waals surface area contributed by atoms with Gasteiger partial charge in [0.05, 0.1) is 16.4 Å². The summed E-state index contributed by atoms with van der Waals surface area (Å²) >= 11 is 5.91. The largest absolute Gasteiger partial charge is 0.396 e. The van der Waals surface area contributed by atoms with Gasteiger partial charge in [0.15, 0.2) is 0 Å². The summed E-state index contributed by atoms with van der Waals surface area (Å²) in [6.45, 7) is 5.41. The van der Waals surface area contributed by atoms with E-state index in [4.69, 9.17) is 17.3 Å². The van der Waals surface area contributed by atoms with Crippen LogP contribution >= 0.6 is 11.6 Å². The Morgan fingerprint density at radius 3 is 2.80 bits per heavy atom. The van der Waals surface area contributed by atoms with Gasteiger partial charge in [0.2, 0.25) is 0 Å². The van der Waals surface area contributed by atoms with Crippen LogP contribution in [0.3, 0.4) is 0 Å². The fourth-order valence-corrected chi connectivity index (χ4v) is 1.60. The van der Waals surface area contributed by atoms with E-state index < -0.39 is 0 Å². The lowest BCUT2D eigenvalue weighted by molar-refractivity contribution is 0.567. The van der Waals surface area contributed by atoms with E-state index in [1.807, 2.05) is 12.1 Å². The maximum absolute atomic E-state index is 5.91. The van der Waals surface area contributed by atoms with Gasteiger partial charge in [-0.1, -0.05) is 31.5 Å². The quantitative estimate of drug-likeness (QED) is 0.593. The molecule has 0 spiro atoms. The third-order valence-electron chi connectivity index (χ3n) is 2.33. The summed E-state index contributed by atoms with van der Waals surface area (Å²) in [5.41, 5.74) is 7.41. The highest BCUT2D eigenvalue weighted by atomic mass is 35.5. The zero-order valence-corrected chi connectivity index (χ0v) is 10.1. The molecule has 1 aromatic rings. The van der Waals surface area contributed by atoms with E-state index in [-0.39, 0.29) is 0 Å². The summed E-state index contributed by atoms with van der Waals surface area (Å²) in [6.07, 6.45) is 2.39. The molecule has 0 fully saturated rings. The van der Waals surface area contributed by atoms with Crippen LogP contribution in [0.4, 0.5) is 11.4 Å². The molecule has 15 heavy (non-hydrogen) atoms. The normalized spacial score (nSPS) is 10.7. The number of anilines is 2. The number of rotatable bonds is 5. The zero-order chi connectivity index (χ0) is 11.3. The Morgan fingerprint density at radius 1 is 1.40 bits per heavy atom. The molecule has 0 aromatic heterocycles. The van der Waals surface area contributed by atoms with Gasteiger partial charge in [-0.3, -0.25) is 0 Å². The molecule has 0 aliphatic rings. The average molecular weight is 227 g/mol. The third-order valence-corrected chi connectivity index (χ3v) is 2.66. The first kappa shape index (κ1) is 12.2. The van der Waals surface area contributed by atoms with Crippen LogP contribution in [-0.4, -0.2) is 6.54 Å². The maximum atomic E-state index is 5.91. The van der Waals surface area contributed by atoms with Gasteiger partial charge in [-0.15, -0.1) is 0 Å². The first-order valence-electron chi connectivity index (χ1n) is 5.39. The summed E-state index contributed by atoms with van der Waals surface area (Å²) in [4.78, 5) is 0. The van der Waals surface area contributed by atoms with Crippen molar-refractivity contribution in [3.05, 3.63) is 23.2 Å². The number of hydrogen-bond acceptors (Lipinski definition) is 2. The molecule has 0 heterocycles. The van der Waals surface area contributed by atoms with Gasteiger partial charge >= 0.3 is 0 Å².